The number of thiazole rings is 1. The lowest BCUT2D eigenvalue weighted by atomic mass is 9.74. The van der Waals surface area contributed by atoms with Crippen LogP contribution in [0.25, 0.3) is 0 Å². The molecule has 2 aliphatic carbocycles. The van der Waals surface area contributed by atoms with Gasteiger partial charge in [-0.2, -0.15) is 13.2 Å². The Bertz CT molecular complexity index is 1100. The molecule has 1 saturated heterocycles. The number of alkyl halides is 3. The number of amides is 1. The van der Waals surface area contributed by atoms with Crippen LogP contribution in [0.15, 0.2) is 29.8 Å². The number of piperidine rings is 1. The number of aromatic nitrogens is 1. The van der Waals surface area contributed by atoms with E-state index in [0.29, 0.717) is 30.9 Å². The molecule has 2 saturated carbocycles. The summed E-state index contributed by atoms with van der Waals surface area (Å²) in [7, 11) is 0. The average Bonchev–Trinajstić information content (AvgIpc) is 3.60. The van der Waals surface area contributed by atoms with Gasteiger partial charge in [0.05, 0.1) is 11.0 Å². The lowest BCUT2D eigenvalue weighted by molar-refractivity contribution is -0.137. The van der Waals surface area contributed by atoms with Crippen molar-refractivity contribution in [3.63, 3.8) is 0 Å². The van der Waals surface area contributed by atoms with Crippen LogP contribution in [-0.4, -0.2) is 40.0 Å². The highest BCUT2D eigenvalue weighted by atomic mass is 32.1. The van der Waals surface area contributed by atoms with Gasteiger partial charge in [-0.15, -0.1) is 11.3 Å². The second-order valence-corrected chi connectivity index (χ2v) is 11.8. The van der Waals surface area contributed by atoms with Gasteiger partial charge >= 0.3 is 6.18 Å². The van der Waals surface area contributed by atoms with Crippen molar-refractivity contribution >= 4 is 17.2 Å². The summed E-state index contributed by atoms with van der Waals surface area (Å²) in [6.45, 7) is 1.44. The Morgan fingerprint density at radius 3 is 2.51 bits per heavy atom. The summed E-state index contributed by atoms with van der Waals surface area (Å²) in [5.41, 5.74) is -2.32. The molecule has 3 aliphatic rings. The number of benzene rings is 1. The predicted octanol–water partition coefficient (Wildman–Crippen LogP) is 5.63. The summed E-state index contributed by atoms with van der Waals surface area (Å²) in [5, 5.41) is 16.6. The van der Waals surface area contributed by atoms with Gasteiger partial charge in [0.15, 0.2) is 0 Å². The molecule has 1 aliphatic heterocycles. The molecule has 2 aromatic rings. The summed E-state index contributed by atoms with van der Waals surface area (Å²) in [4.78, 5) is 20.3. The molecule has 2 atom stereocenters. The Morgan fingerprint density at radius 1 is 1.11 bits per heavy atom. The number of carbonyl (C=O) groups is 1. The van der Waals surface area contributed by atoms with Crippen LogP contribution in [0.3, 0.4) is 0 Å². The van der Waals surface area contributed by atoms with E-state index in [9.17, 15) is 27.5 Å². The van der Waals surface area contributed by atoms with Crippen molar-refractivity contribution in [3.8, 4) is 0 Å². The fourth-order valence-electron chi connectivity index (χ4n) is 6.37. The van der Waals surface area contributed by atoms with Crippen molar-refractivity contribution in [3.05, 3.63) is 51.7 Å². The fraction of sp³-hybridized carbons (Fsp3) is 0.630. The molecule has 0 bridgehead atoms. The number of carbonyl (C=O) groups excluding carboxylic acids is 1. The van der Waals surface area contributed by atoms with E-state index in [1.54, 1.807) is 6.20 Å². The minimum atomic E-state index is -4.64. The zero-order chi connectivity index (χ0) is 26.3. The first-order valence-electron chi connectivity index (χ1n) is 13.1. The first-order valence-corrected chi connectivity index (χ1v) is 14.0. The zero-order valence-corrected chi connectivity index (χ0v) is 21.5. The molecule has 2 heterocycles. The number of rotatable bonds is 6. The molecule has 37 heavy (non-hydrogen) atoms. The molecule has 1 aromatic carbocycles. The second-order valence-electron chi connectivity index (χ2n) is 10.9. The molecule has 1 aromatic heterocycles. The Balaban J connectivity index is 1.21. The fourth-order valence-corrected chi connectivity index (χ4v) is 7.16. The molecule has 5 rings (SSSR count). The average molecular weight is 540 g/mol. The molecule has 5 nitrogen and oxygen atoms in total. The topological polar surface area (TPSA) is 65.5 Å². The largest absolute Gasteiger partial charge is 0.416 e. The molecule has 3 fully saturated rings. The highest BCUT2D eigenvalue weighted by molar-refractivity contribution is 7.09. The molecular weight excluding hydrogens is 506 g/mol. The Kier molecular flexibility index (Phi) is 7.37. The number of nitrogens with one attached hydrogen (secondary N) is 1. The minimum absolute atomic E-state index is 0.110. The smallest absolute Gasteiger partial charge is 0.383 e. The van der Waals surface area contributed by atoms with Crippen molar-refractivity contribution in [1.29, 1.82) is 0 Å². The molecule has 0 spiro atoms. The number of halogens is 4. The number of hydrogen-bond donors (Lipinski definition) is 2. The van der Waals surface area contributed by atoms with Crippen molar-refractivity contribution in [2.24, 2.45) is 11.3 Å². The summed E-state index contributed by atoms with van der Waals surface area (Å²) in [6.07, 6.45) is 4.58. The SMILES string of the molecule is O=C(NCc1cc(F)cc(C(F)(F)F)c1)[C@]1(C2CC2)CCCC(N2CCC(O)(c3nccs3)CC2)CC1. The lowest BCUT2D eigenvalue weighted by Crippen LogP contribution is -2.47. The third kappa shape index (κ3) is 5.71. The van der Waals surface area contributed by atoms with Crippen LogP contribution in [0.5, 0.6) is 0 Å². The maximum Gasteiger partial charge on any atom is 0.416 e. The highest BCUT2D eigenvalue weighted by Crippen LogP contribution is 2.53. The maximum absolute atomic E-state index is 13.8. The van der Waals surface area contributed by atoms with E-state index in [-0.39, 0.29) is 18.0 Å². The molecule has 0 radical (unpaired) electrons. The first-order chi connectivity index (χ1) is 17.6. The molecular formula is C27H33F4N3O2S. The summed E-state index contributed by atoms with van der Waals surface area (Å²) < 4.78 is 53.1. The molecule has 1 unspecified atom stereocenters. The van der Waals surface area contributed by atoms with Gasteiger partial charge in [0.25, 0.3) is 0 Å². The third-order valence-corrected chi connectivity index (χ3v) is 9.57. The van der Waals surface area contributed by atoms with Crippen LogP contribution in [-0.2, 0) is 23.1 Å². The summed E-state index contributed by atoms with van der Waals surface area (Å²) in [6, 6.07) is 2.76. The van der Waals surface area contributed by atoms with Crippen LogP contribution in [0.1, 0.15) is 73.9 Å². The normalized spacial score (nSPS) is 27.0. The van der Waals surface area contributed by atoms with Gasteiger partial charge in [0, 0.05) is 37.3 Å². The lowest BCUT2D eigenvalue weighted by Gasteiger charge is -2.41. The molecule has 202 valence electrons. The van der Waals surface area contributed by atoms with E-state index in [1.165, 1.54) is 11.3 Å². The van der Waals surface area contributed by atoms with Crippen LogP contribution in [0.4, 0.5) is 17.6 Å². The van der Waals surface area contributed by atoms with Gasteiger partial charge in [-0.05, 0) is 81.0 Å². The molecule has 1 amide bonds. The number of hydrogen-bond acceptors (Lipinski definition) is 5. The van der Waals surface area contributed by atoms with Crippen molar-refractivity contribution in [1.82, 2.24) is 15.2 Å². The molecule has 10 heteroatoms. The summed E-state index contributed by atoms with van der Waals surface area (Å²) >= 11 is 1.49. The van der Waals surface area contributed by atoms with Crippen molar-refractivity contribution in [2.45, 2.75) is 82.2 Å². The predicted molar refractivity (Wildman–Crippen MR) is 132 cm³/mol. The van der Waals surface area contributed by atoms with Crippen LogP contribution >= 0.6 is 11.3 Å². The Hall–Kier alpha value is -2.04. The number of likely N-dealkylation sites (tertiary alicyclic amines) is 1. The van der Waals surface area contributed by atoms with Gasteiger partial charge in [-0.25, -0.2) is 9.37 Å². The van der Waals surface area contributed by atoms with Gasteiger partial charge in [0.1, 0.15) is 16.4 Å². The summed E-state index contributed by atoms with van der Waals surface area (Å²) in [5.74, 6) is -0.789. The Labute approximate surface area is 218 Å². The maximum atomic E-state index is 13.8. The number of nitrogens with zero attached hydrogens (tertiary/aromatic N) is 2. The van der Waals surface area contributed by atoms with Crippen molar-refractivity contribution < 1.29 is 27.5 Å². The van der Waals surface area contributed by atoms with E-state index >= 15 is 0 Å². The van der Waals surface area contributed by atoms with Gasteiger partial charge in [-0.1, -0.05) is 6.42 Å². The standard InChI is InChI=1S/C27H33F4N3O2S/c28-21-15-18(14-20(16-21)27(29,30)31)17-33-23(35)25(19-3-4-19)6-1-2-22(5-7-25)34-11-8-26(36,9-12-34)24-32-10-13-37-24/h10,13-16,19,22,36H,1-9,11-12,17H2,(H,33,35)/t22?,25-/m1/s1. The van der Waals surface area contributed by atoms with Gasteiger partial charge in [-0.3, -0.25) is 4.79 Å². The highest BCUT2D eigenvalue weighted by Gasteiger charge is 2.51. The van der Waals surface area contributed by atoms with Gasteiger partial charge < -0.3 is 15.3 Å². The van der Waals surface area contributed by atoms with E-state index in [1.807, 2.05) is 5.38 Å². The van der Waals surface area contributed by atoms with E-state index in [2.05, 4.69) is 15.2 Å². The second kappa shape index (κ2) is 10.3. The zero-order valence-electron chi connectivity index (χ0n) is 20.7. The van der Waals surface area contributed by atoms with E-state index in [4.69, 9.17) is 0 Å². The van der Waals surface area contributed by atoms with Gasteiger partial charge in [0.2, 0.25) is 5.91 Å². The van der Waals surface area contributed by atoms with Crippen LogP contribution in [0, 0.1) is 17.2 Å². The van der Waals surface area contributed by atoms with Crippen molar-refractivity contribution in [2.75, 3.05) is 13.1 Å². The first kappa shape index (κ1) is 26.6. The number of aliphatic hydroxyl groups is 1. The third-order valence-electron chi connectivity index (χ3n) is 8.60. The Morgan fingerprint density at radius 2 is 1.86 bits per heavy atom. The minimum Gasteiger partial charge on any atom is -0.383 e. The van der Waals surface area contributed by atoms with E-state index < -0.39 is 28.6 Å². The molecule has 2 N–H and O–H groups in total. The van der Waals surface area contributed by atoms with Crippen LogP contribution < -0.4 is 5.32 Å². The monoisotopic (exact) mass is 539 g/mol. The van der Waals surface area contributed by atoms with E-state index in [0.717, 1.165) is 75.2 Å². The van der Waals surface area contributed by atoms with Crippen LogP contribution in [0.2, 0.25) is 0 Å². The quantitative estimate of drug-likeness (QED) is 0.369.